The summed E-state index contributed by atoms with van der Waals surface area (Å²) in [5, 5.41) is 3.26. The summed E-state index contributed by atoms with van der Waals surface area (Å²) in [6.07, 6.45) is 3.64. The van der Waals surface area contributed by atoms with Crippen LogP contribution in [0.2, 0.25) is 0 Å². The lowest BCUT2D eigenvalue weighted by Crippen LogP contribution is -2.13. The number of rotatable bonds is 4. The minimum absolute atomic E-state index is 0.697. The zero-order valence-corrected chi connectivity index (χ0v) is 11.1. The van der Waals surface area contributed by atoms with E-state index in [4.69, 9.17) is 0 Å². The van der Waals surface area contributed by atoms with Crippen molar-refractivity contribution in [2.75, 3.05) is 6.54 Å². The van der Waals surface area contributed by atoms with Gasteiger partial charge >= 0.3 is 0 Å². The van der Waals surface area contributed by atoms with Gasteiger partial charge in [-0.1, -0.05) is 13.0 Å². The number of nitrogens with one attached hydrogen (secondary N) is 1. The van der Waals surface area contributed by atoms with Gasteiger partial charge in [-0.15, -0.1) is 0 Å². The van der Waals surface area contributed by atoms with E-state index in [2.05, 4.69) is 33.3 Å². The molecule has 18 heavy (non-hydrogen) atoms. The maximum absolute atomic E-state index is 4.53. The first kappa shape index (κ1) is 12.6. The molecule has 0 aliphatic carbocycles. The normalized spacial score (nSPS) is 10.6. The molecule has 2 heterocycles. The van der Waals surface area contributed by atoms with Gasteiger partial charge in [0.15, 0.2) is 5.82 Å². The van der Waals surface area contributed by atoms with Gasteiger partial charge in [0.2, 0.25) is 0 Å². The Morgan fingerprint density at radius 2 is 2.06 bits per heavy atom. The Morgan fingerprint density at radius 1 is 1.22 bits per heavy atom. The number of aryl methyl sites for hydroxylation is 2. The molecule has 0 fully saturated rings. The van der Waals surface area contributed by atoms with Crippen LogP contribution in [0.15, 0.2) is 24.5 Å². The second kappa shape index (κ2) is 5.69. The summed E-state index contributed by atoms with van der Waals surface area (Å²) in [6.45, 7) is 7.84. The van der Waals surface area contributed by atoms with Crippen molar-refractivity contribution in [2.24, 2.45) is 0 Å². The predicted octanol–water partition coefficient (Wildman–Crippen LogP) is 2.26. The van der Waals surface area contributed by atoms with E-state index in [0.29, 0.717) is 5.82 Å². The molecule has 4 nitrogen and oxygen atoms in total. The van der Waals surface area contributed by atoms with Crippen molar-refractivity contribution in [3.05, 3.63) is 41.3 Å². The van der Waals surface area contributed by atoms with E-state index >= 15 is 0 Å². The van der Waals surface area contributed by atoms with Crippen molar-refractivity contribution in [2.45, 2.75) is 27.3 Å². The fourth-order valence-corrected chi connectivity index (χ4v) is 1.81. The molecule has 2 aromatic heterocycles. The fourth-order valence-electron chi connectivity index (χ4n) is 1.81. The maximum Gasteiger partial charge on any atom is 0.178 e. The average Bonchev–Trinajstić information content (AvgIpc) is 2.36. The highest BCUT2D eigenvalue weighted by Crippen LogP contribution is 2.17. The topological polar surface area (TPSA) is 50.7 Å². The molecule has 0 aliphatic rings. The third-order valence-electron chi connectivity index (χ3n) is 2.70. The summed E-state index contributed by atoms with van der Waals surface area (Å²) in [7, 11) is 0. The van der Waals surface area contributed by atoms with Crippen LogP contribution in [0.5, 0.6) is 0 Å². The lowest BCUT2D eigenvalue weighted by atomic mass is 10.1. The molecule has 0 bridgehead atoms. The molecule has 1 N–H and O–H groups in total. The molecule has 0 unspecified atom stereocenters. The number of hydrogen-bond acceptors (Lipinski definition) is 4. The van der Waals surface area contributed by atoms with Gasteiger partial charge in [0.05, 0.1) is 5.69 Å². The van der Waals surface area contributed by atoms with Crippen LogP contribution < -0.4 is 5.32 Å². The average molecular weight is 242 g/mol. The zero-order valence-electron chi connectivity index (χ0n) is 11.1. The first-order valence-corrected chi connectivity index (χ1v) is 6.17. The Bertz CT molecular complexity index is 537. The van der Waals surface area contributed by atoms with Crippen LogP contribution in [0.4, 0.5) is 0 Å². The third-order valence-corrected chi connectivity index (χ3v) is 2.70. The minimum atomic E-state index is 0.697. The molecule has 4 heteroatoms. The molecular weight excluding hydrogens is 224 g/mol. The molecular formula is C14H18N4. The molecule has 2 rings (SSSR count). The molecule has 0 amide bonds. The standard InChI is InChI=1S/C14H18N4/c1-4-15-9-12-5-6-16-14(18-12)13-11(3)7-10(2)8-17-13/h5-8,15H,4,9H2,1-3H3. The Kier molecular flexibility index (Phi) is 3.99. The molecule has 0 spiro atoms. The van der Waals surface area contributed by atoms with Crippen molar-refractivity contribution in [3.8, 4) is 11.5 Å². The molecule has 0 atom stereocenters. The van der Waals surface area contributed by atoms with Gasteiger partial charge in [-0.05, 0) is 37.6 Å². The molecule has 94 valence electrons. The third kappa shape index (κ3) is 2.90. The van der Waals surface area contributed by atoms with Crippen LogP contribution >= 0.6 is 0 Å². The summed E-state index contributed by atoms with van der Waals surface area (Å²) in [5.74, 6) is 0.697. The summed E-state index contributed by atoms with van der Waals surface area (Å²) in [6, 6.07) is 4.03. The molecule has 0 aliphatic heterocycles. The first-order chi connectivity index (χ1) is 8.70. The van der Waals surface area contributed by atoms with Crippen molar-refractivity contribution in [3.63, 3.8) is 0 Å². The van der Waals surface area contributed by atoms with E-state index in [9.17, 15) is 0 Å². The van der Waals surface area contributed by atoms with Crippen LogP contribution in [0, 0.1) is 13.8 Å². The van der Waals surface area contributed by atoms with Gasteiger partial charge in [-0.3, -0.25) is 4.98 Å². The second-order valence-corrected chi connectivity index (χ2v) is 4.33. The fraction of sp³-hybridized carbons (Fsp3) is 0.357. The Balaban J connectivity index is 2.32. The van der Waals surface area contributed by atoms with Crippen molar-refractivity contribution < 1.29 is 0 Å². The smallest absolute Gasteiger partial charge is 0.178 e. The van der Waals surface area contributed by atoms with Crippen LogP contribution in [-0.2, 0) is 6.54 Å². The van der Waals surface area contributed by atoms with Gasteiger partial charge in [0.25, 0.3) is 0 Å². The summed E-state index contributed by atoms with van der Waals surface area (Å²) < 4.78 is 0. The SMILES string of the molecule is CCNCc1ccnc(-c2ncc(C)cc2C)n1. The first-order valence-electron chi connectivity index (χ1n) is 6.17. The van der Waals surface area contributed by atoms with Crippen molar-refractivity contribution in [1.82, 2.24) is 20.3 Å². The van der Waals surface area contributed by atoms with Gasteiger partial charge < -0.3 is 5.32 Å². The van der Waals surface area contributed by atoms with E-state index in [1.807, 2.05) is 26.1 Å². The summed E-state index contributed by atoms with van der Waals surface area (Å²) in [4.78, 5) is 13.3. The van der Waals surface area contributed by atoms with E-state index < -0.39 is 0 Å². The van der Waals surface area contributed by atoms with E-state index in [1.165, 1.54) is 0 Å². The van der Waals surface area contributed by atoms with Gasteiger partial charge in [-0.2, -0.15) is 0 Å². The molecule has 0 saturated carbocycles. The number of pyridine rings is 1. The lowest BCUT2D eigenvalue weighted by Gasteiger charge is -2.06. The second-order valence-electron chi connectivity index (χ2n) is 4.33. The van der Waals surface area contributed by atoms with Crippen LogP contribution in [0.3, 0.4) is 0 Å². The summed E-state index contributed by atoms with van der Waals surface area (Å²) >= 11 is 0. The van der Waals surface area contributed by atoms with E-state index in [0.717, 1.165) is 35.6 Å². The van der Waals surface area contributed by atoms with E-state index in [1.54, 1.807) is 6.20 Å². The van der Waals surface area contributed by atoms with Crippen molar-refractivity contribution >= 4 is 0 Å². The van der Waals surface area contributed by atoms with Gasteiger partial charge in [0, 0.05) is 18.9 Å². The van der Waals surface area contributed by atoms with Crippen molar-refractivity contribution in [1.29, 1.82) is 0 Å². The largest absolute Gasteiger partial charge is 0.311 e. The monoisotopic (exact) mass is 242 g/mol. The highest BCUT2D eigenvalue weighted by Gasteiger charge is 2.07. The molecule has 2 aromatic rings. The Hall–Kier alpha value is -1.81. The highest BCUT2D eigenvalue weighted by atomic mass is 14.9. The maximum atomic E-state index is 4.53. The number of aromatic nitrogens is 3. The number of nitrogens with zero attached hydrogens (tertiary/aromatic N) is 3. The molecule has 0 aromatic carbocycles. The van der Waals surface area contributed by atoms with Crippen LogP contribution in [-0.4, -0.2) is 21.5 Å². The van der Waals surface area contributed by atoms with Crippen LogP contribution in [0.25, 0.3) is 11.5 Å². The lowest BCUT2D eigenvalue weighted by molar-refractivity contribution is 0.709. The van der Waals surface area contributed by atoms with E-state index in [-0.39, 0.29) is 0 Å². The predicted molar refractivity (Wildman–Crippen MR) is 72.1 cm³/mol. The number of hydrogen-bond donors (Lipinski definition) is 1. The Labute approximate surface area is 108 Å². The highest BCUT2D eigenvalue weighted by molar-refractivity contribution is 5.54. The van der Waals surface area contributed by atoms with Gasteiger partial charge in [0.1, 0.15) is 5.69 Å². The minimum Gasteiger partial charge on any atom is -0.311 e. The molecule has 0 radical (unpaired) electrons. The quantitative estimate of drug-likeness (QED) is 0.893. The summed E-state index contributed by atoms with van der Waals surface area (Å²) in [5.41, 5.74) is 4.11. The molecule has 0 saturated heterocycles. The van der Waals surface area contributed by atoms with Crippen LogP contribution in [0.1, 0.15) is 23.7 Å². The Morgan fingerprint density at radius 3 is 2.78 bits per heavy atom. The van der Waals surface area contributed by atoms with Gasteiger partial charge in [-0.25, -0.2) is 9.97 Å². The zero-order chi connectivity index (χ0) is 13.0.